The van der Waals surface area contributed by atoms with Gasteiger partial charge in [0.15, 0.2) is 0 Å². The third-order valence-electron chi connectivity index (χ3n) is 1.57. The lowest BCUT2D eigenvalue weighted by atomic mass is 10.6. The van der Waals surface area contributed by atoms with E-state index in [1.54, 1.807) is 0 Å². The molecule has 1 rings (SSSR count). The van der Waals surface area contributed by atoms with E-state index in [1.807, 2.05) is 0 Å². The molecule has 0 radical (unpaired) electrons. The van der Waals surface area contributed by atoms with Gasteiger partial charge in [0.25, 0.3) is 0 Å². The van der Waals surface area contributed by atoms with E-state index in [4.69, 9.17) is 0 Å². The molecule has 7 heteroatoms. The van der Waals surface area contributed by atoms with Crippen LogP contribution >= 0.6 is 0 Å². The Morgan fingerprint density at radius 1 is 1.29 bits per heavy atom. The number of hydrogen-bond acceptors (Lipinski definition) is 3. The molecule has 0 saturated carbocycles. The maximum atomic E-state index is 11.4. The average molecular weight is 217 g/mol. The highest BCUT2D eigenvalue weighted by atomic mass is 32.2. The smallest absolute Gasteiger partial charge is 0.246 e. The van der Waals surface area contributed by atoms with Crippen LogP contribution in [0.15, 0.2) is 25.3 Å². The Morgan fingerprint density at radius 3 is 2.36 bits per heavy atom. The molecule has 0 atom stereocenters. The summed E-state index contributed by atoms with van der Waals surface area (Å²) in [6.45, 7) is 6.87. The first-order valence-corrected chi connectivity index (χ1v) is 5.30. The van der Waals surface area contributed by atoms with E-state index < -0.39 is 16.2 Å². The molecule has 0 bridgehead atoms. The number of nitrogens with zero attached hydrogens (tertiary/aromatic N) is 2. The molecule has 1 aliphatic rings. The molecule has 0 aliphatic carbocycles. The van der Waals surface area contributed by atoms with Gasteiger partial charge in [-0.25, -0.2) is 14.1 Å². The van der Waals surface area contributed by atoms with Gasteiger partial charge in [0.1, 0.15) is 0 Å². The van der Waals surface area contributed by atoms with E-state index in [2.05, 4.69) is 18.0 Å². The van der Waals surface area contributed by atoms with Gasteiger partial charge >= 0.3 is 16.2 Å². The molecule has 0 unspecified atom stereocenters. The van der Waals surface area contributed by atoms with Gasteiger partial charge in [0.05, 0.1) is 13.1 Å². The monoisotopic (exact) mass is 217 g/mol. The Balaban J connectivity index is 2.91. The number of amides is 2. The van der Waals surface area contributed by atoms with Crippen molar-refractivity contribution >= 4 is 16.2 Å². The quantitative estimate of drug-likeness (QED) is 0.665. The van der Waals surface area contributed by atoms with Crippen molar-refractivity contribution in [3.05, 3.63) is 25.3 Å². The normalized spacial score (nSPS) is 19.9. The van der Waals surface area contributed by atoms with E-state index in [1.165, 1.54) is 12.2 Å². The zero-order chi connectivity index (χ0) is 10.8. The topological polar surface area (TPSA) is 69.7 Å². The zero-order valence-electron chi connectivity index (χ0n) is 7.51. The fourth-order valence-electron chi connectivity index (χ4n) is 1.00. The Kier molecular flexibility index (Phi) is 2.92. The van der Waals surface area contributed by atoms with Crippen molar-refractivity contribution in [1.29, 1.82) is 0 Å². The van der Waals surface area contributed by atoms with Gasteiger partial charge in [-0.2, -0.15) is 8.42 Å². The van der Waals surface area contributed by atoms with Gasteiger partial charge in [0.2, 0.25) is 0 Å². The van der Waals surface area contributed by atoms with E-state index in [9.17, 15) is 13.2 Å². The molecule has 0 aromatic rings. The first-order valence-electron chi connectivity index (χ1n) is 3.86. The molecule has 1 N–H and O–H groups in total. The van der Waals surface area contributed by atoms with Crippen LogP contribution < -0.4 is 4.83 Å². The van der Waals surface area contributed by atoms with Crippen molar-refractivity contribution in [3.63, 3.8) is 0 Å². The molecular weight excluding hydrogens is 206 g/mol. The van der Waals surface area contributed by atoms with Crippen molar-refractivity contribution < 1.29 is 13.2 Å². The molecule has 1 fully saturated rings. The van der Waals surface area contributed by atoms with Crippen molar-refractivity contribution in [2.45, 2.75) is 0 Å². The molecule has 6 nitrogen and oxygen atoms in total. The Bertz CT molecular complexity index is 362. The summed E-state index contributed by atoms with van der Waals surface area (Å²) in [5, 5.41) is 0.964. The van der Waals surface area contributed by atoms with Crippen LogP contribution in [-0.4, -0.2) is 36.9 Å². The van der Waals surface area contributed by atoms with Crippen LogP contribution in [0.4, 0.5) is 4.79 Å². The van der Waals surface area contributed by atoms with Gasteiger partial charge in [-0.15, -0.1) is 18.0 Å². The summed E-state index contributed by atoms with van der Waals surface area (Å²) >= 11 is 0. The van der Waals surface area contributed by atoms with Crippen LogP contribution in [0.25, 0.3) is 0 Å². The SMILES string of the molecule is C=CCN1NS(=O)(=O)N(CC=C)C1=O. The van der Waals surface area contributed by atoms with E-state index >= 15 is 0 Å². The van der Waals surface area contributed by atoms with Crippen LogP contribution in [0.2, 0.25) is 0 Å². The van der Waals surface area contributed by atoms with E-state index in [-0.39, 0.29) is 13.1 Å². The number of urea groups is 1. The van der Waals surface area contributed by atoms with Crippen LogP contribution in [0.5, 0.6) is 0 Å². The van der Waals surface area contributed by atoms with Crippen LogP contribution in [0.3, 0.4) is 0 Å². The highest BCUT2D eigenvalue weighted by Gasteiger charge is 2.39. The van der Waals surface area contributed by atoms with Crippen LogP contribution in [0.1, 0.15) is 0 Å². The Morgan fingerprint density at radius 2 is 1.86 bits per heavy atom. The second kappa shape index (κ2) is 3.81. The third kappa shape index (κ3) is 1.78. The summed E-state index contributed by atoms with van der Waals surface area (Å²) in [5.74, 6) is 0. The second-order valence-corrected chi connectivity index (χ2v) is 4.17. The molecule has 1 aliphatic heterocycles. The van der Waals surface area contributed by atoms with E-state index in [0.717, 1.165) is 5.01 Å². The molecule has 2 amide bonds. The minimum atomic E-state index is -3.73. The van der Waals surface area contributed by atoms with Crippen molar-refractivity contribution in [2.75, 3.05) is 13.1 Å². The molecule has 14 heavy (non-hydrogen) atoms. The minimum Gasteiger partial charge on any atom is -0.246 e. The second-order valence-electron chi connectivity index (χ2n) is 2.60. The maximum absolute atomic E-state index is 11.4. The van der Waals surface area contributed by atoms with Crippen molar-refractivity contribution in [3.8, 4) is 0 Å². The number of rotatable bonds is 4. The molecule has 1 heterocycles. The van der Waals surface area contributed by atoms with Gasteiger partial charge in [-0.05, 0) is 0 Å². The first-order chi connectivity index (χ1) is 6.53. The van der Waals surface area contributed by atoms with Crippen molar-refractivity contribution in [2.24, 2.45) is 0 Å². The van der Waals surface area contributed by atoms with Gasteiger partial charge in [0, 0.05) is 0 Å². The van der Waals surface area contributed by atoms with Gasteiger partial charge in [-0.3, -0.25) is 0 Å². The van der Waals surface area contributed by atoms with Crippen LogP contribution in [-0.2, 0) is 10.2 Å². The highest BCUT2D eigenvalue weighted by Crippen LogP contribution is 2.11. The Labute approximate surface area is 82.6 Å². The summed E-state index contributed by atoms with van der Waals surface area (Å²) in [7, 11) is -3.73. The highest BCUT2D eigenvalue weighted by molar-refractivity contribution is 7.88. The minimum absolute atomic E-state index is 0.0399. The average Bonchev–Trinajstić information content (AvgIpc) is 2.30. The van der Waals surface area contributed by atoms with Crippen molar-refractivity contribution in [1.82, 2.24) is 14.1 Å². The molecule has 0 spiro atoms. The molecular formula is C7H11N3O3S. The predicted octanol–water partition coefficient (Wildman–Crippen LogP) is -0.155. The summed E-state index contributed by atoms with van der Waals surface area (Å²) in [5.41, 5.74) is 0. The van der Waals surface area contributed by atoms with E-state index in [0.29, 0.717) is 4.31 Å². The number of carbonyl (C=O) groups is 1. The standard InChI is InChI=1S/C7H11N3O3S/c1-3-5-9-7(11)10(6-4-2)14(12,13)8-9/h3-4,8H,1-2,5-6H2. The molecule has 78 valence electrons. The number of hydrazine groups is 1. The largest absolute Gasteiger partial charge is 0.350 e. The third-order valence-corrected chi connectivity index (χ3v) is 2.90. The number of hydrogen-bond donors (Lipinski definition) is 1. The summed E-state index contributed by atoms with van der Waals surface area (Å²) in [6, 6.07) is -0.621. The lowest BCUT2D eigenvalue weighted by Gasteiger charge is -2.10. The molecule has 0 aromatic heterocycles. The molecule has 1 saturated heterocycles. The zero-order valence-corrected chi connectivity index (χ0v) is 8.33. The number of nitrogens with one attached hydrogen (secondary N) is 1. The number of carbonyl (C=O) groups excluding carboxylic acids is 1. The fourth-order valence-corrected chi connectivity index (χ4v) is 2.14. The Hall–Kier alpha value is -1.34. The summed E-state index contributed by atoms with van der Waals surface area (Å²) < 4.78 is 23.3. The van der Waals surface area contributed by atoms with Gasteiger partial charge in [-0.1, -0.05) is 12.2 Å². The first kappa shape index (κ1) is 10.7. The van der Waals surface area contributed by atoms with Crippen LogP contribution in [0, 0.1) is 0 Å². The molecule has 0 aromatic carbocycles. The summed E-state index contributed by atoms with van der Waals surface area (Å²) in [4.78, 5) is 13.5. The predicted molar refractivity (Wildman–Crippen MR) is 51.3 cm³/mol. The summed E-state index contributed by atoms with van der Waals surface area (Å²) in [6.07, 6.45) is 2.77. The fraction of sp³-hybridized carbons (Fsp3) is 0.286. The van der Waals surface area contributed by atoms with Gasteiger partial charge < -0.3 is 0 Å². The lowest BCUT2D eigenvalue weighted by molar-refractivity contribution is 0.193. The maximum Gasteiger partial charge on any atom is 0.350 e. The lowest BCUT2D eigenvalue weighted by Crippen LogP contribution is -2.35.